The van der Waals surface area contributed by atoms with Crippen LogP contribution >= 0.6 is 11.6 Å². The van der Waals surface area contributed by atoms with Crippen LogP contribution in [0.15, 0.2) is 18.2 Å². The molecule has 72 valence electrons. The molecule has 2 nitrogen and oxygen atoms in total. The fourth-order valence-corrected chi connectivity index (χ4v) is 1.23. The molecule has 0 aliphatic rings. The van der Waals surface area contributed by atoms with Crippen LogP contribution in [-0.4, -0.2) is 12.6 Å². The average Bonchev–Trinajstić information content (AvgIpc) is 2.02. The van der Waals surface area contributed by atoms with E-state index in [1.165, 1.54) is 0 Å². The van der Waals surface area contributed by atoms with E-state index >= 15 is 0 Å². The summed E-state index contributed by atoms with van der Waals surface area (Å²) < 4.78 is 5.40. The quantitative estimate of drug-likeness (QED) is 0.812. The molecule has 1 rings (SSSR count). The molecule has 0 saturated heterocycles. The van der Waals surface area contributed by atoms with Gasteiger partial charge in [-0.25, -0.2) is 0 Å². The lowest BCUT2D eigenvalue weighted by Gasteiger charge is -2.10. The molecular weight excluding hydrogens is 186 g/mol. The maximum Gasteiger partial charge on any atom is 0.137 e. The van der Waals surface area contributed by atoms with Gasteiger partial charge >= 0.3 is 0 Å². The molecule has 0 aliphatic heterocycles. The van der Waals surface area contributed by atoms with E-state index in [-0.39, 0.29) is 6.04 Å². The van der Waals surface area contributed by atoms with Gasteiger partial charge in [-0.2, -0.15) is 0 Å². The molecule has 0 radical (unpaired) electrons. The maximum atomic E-state index is 5.95. The van der Waals surface area contributed by atoms with Crippen molar-refractivity contribution in [2.75, 3.05) is 6.61 Å². The van der Waals surface area contributed by atoms with Crippen LogP contribution in [0.2, 0.25) is 5.02 Å². The number of benzene rings is 1. The largest absolute Gasteiger partial charge is 0.490 e. The Balaban J connectivity index is 2.67. The van der Waals surface area contributed by atoms with E-state index in [0.717, 1.165) is 5.56 Å². The summed E-state index contributed by atoms with van der Waals surface area (Å²) in [6.07, 6.45) is 0. The van der Waals surface area contributed by atoms with Gasteiger partial charge < -0.3 is 10.5 Å². The third-order valence-electron chi connectivity index (χ3n) is 1.59. The van der Waals surface area contributed by atoms with Crippen LogP contribution in [0.1, 0.15) is 12.5 Å². The number of hydrogen-bond acceptors (Lipinski definition) is 2. The van der Waals surface area contributed by atoms with Crippen molar-refractivity contribution < 1.29 is 4.74 Å². The Morgan fingerprint density at radius 3 is 2.77 bits per heavy atom. The predicted octanol–water partition coefficient (Wildman–Crippen LogP) is 2.37. The Bertz CT molecular complexity index is 286. The summed E-state index contributed by atoms with van der Waals surface area (Å²) in [5, 5.41) is 0.639. The molecule has 0 aliphatic carbocycles. The molecule has 0 saturated carbocycles. The third-order valence-corrected chi connectivity index (χ3v) is 1.88. The summed E-state index contributed by atoms with van der Waals surface area (Å²) in [5.41, 5.74) is 6.68. The molecule has 0 amide bonds. The van der Waals surface area contributed by atoms with Gasteiger partial charge in [-0.15, -0.1) is 0 Å². The van der Waals surface area contributed by atoms with Crippen LogP contribution in [-0.2, 0) is 0 Å². The van der Waals surface area contributed by atoms with E-state index in [0.29, 0.717) is 17.4 Å². The van der Waals surface area contributed by atoms with Gasteiger partial charge in [0, 0.05) is 6.04 Å². The Kier molecular flexibility index (Phi) is 3.58. The zero-order chi connectivity index (χ0) is 9.84. The van der Waals surface area contributed by atoms with E-state index < -0.39 is 0 Å². The highest BCUT2D eigenvalue weighted by molar-refractivity contribution is 6.32. The monoisotopic (exact) mass is 199 g/mol. The van der Waals surface area contributed by atoms with Crippen molar-refractivity contribution in [3.63, 3.8) is 0 Å². The van der Waals surface area contributed by atoms with E-state index in [1.807, 2.05) is 32.0 Å². The highest BCUT2D eigenvalue weighted by atomic mass is 35.5. The van der Waals surface area contributed by atoms with Crippen molar-refractivity contribution in [3.8, 4) is 5.75 Å². The molecule has 13 heavy (non-hydrogen) atoms. The van der Waals surface area contributed by atoms with Crippen LogP contribution in [0.25, 0.3) is 0 Å². The van der Waals surface area contributed by atoms with Gasteiger partial charge in [0.15, 0.2) is 0 Å². The topological polar surface area (TPSA) is 35.2 Å². The fraction of sp³-hybridized carbons (Fsp3) is 0.400. The average molecular weight is 200 g/mol. The van der Waals surface area contributed by atoms with E-state index in [9.17, 15) is 0 Å². The molecule has 0 aromatic heterocycles. The predicted molar refractivity (Wildman–Crippen MR) is 55.3 cm³/mol. The summed E-state index contributed by atoms with van der Waals surface area (Å²) >= 11 is 5.95. The highest BCUT2D eigenvalue weighted by Gasteiger charge is 2.02. The first-order valence-electron chi connectivity index (χ1n) is 4.24. The SMILES string of the molecule is Cc1ccc(OCC(C)N)c(Cl)c1. The second kappa shape index (κ2) is 4.49. The van der Waals surface area contributed by atoms with Crippen molar-refractivity contribution >= 4 is 11.6 Å². The van der Waals surface area contributed by atoms with Crippen LogP contribution < -0.4 is 10.5 Å². The molecule has 3 heteroatoms. The van der Waals surface area contributed by atoms with E-state index in [2.05, 4.69) is 0 Å². The lowest BCUT2D eigenvalue weighted by Crippen LogP contribution is -2.23. The first-order valence-corrected chi connectivity index (χ1v) is 4.62. The Hall–Kier alpha value is -0.730. The normalized spacial score (nSPS) is 12.6. The number of rotatable bonds is 3. The van der Waals surface area contributed by atoms with Crippen molar-refractivity contribution in [2.24, 2.45) is 5.73 Å². The number of ether oxygens (including phenoxy) is 1. The number of nitrogens with two attached hydrogens (primary N) is 1. The molecular formula is C10H14ClNO. The number of hydrogen-bond donors (Lipinski definition) is 1. The first-order chi connectivity index (χ1) is 6.09. The van der Waals surface area contributed by atoms with Crippen LogP contribution in [0.3, 0.4) is 0 Å². The van der Waals surface area contributed by atoms with Crippen LogP contribution in [0, 0.1) is 6.92 Å². The molecule has 0 fully saturated rings. The molecule has 1 aromatic rings. The van der Waals surface area contributed by atoms with Crippen molar-refractivity contribution in [2.45, 2.75) is 19.9 Å². The minimum atomic E-state index is 0.0253. The Morgan fingerprint density at radius 1 is 1.54 bits per heavy atom. The van der Waals surface area contributed by atoms with Gasteiger partial charge in [0.2, 0.25) is 0 Å². The summed E-state index contributed by atoms with van der Waals surface area (Å²) in [7, 11) is 0. The lowest BCUT2D eigenvalue weighted by molar-refractivity contribution is 0.296. The number of aryl methyl sites for hydroxylation is 1. The minimum Gasteiger partial charge on any atom is -0.490 e. The minimum absolute atomic E-state index is 0.0253. The standard InChI is InChI=1S/C10H14ClNO/c1-7-3-4-10(9(11)5-7)13-6-8(2)12/h3-5,8H,6,12H2,1-2H3. The summed E-state index contributed by atoms with van der Waals surface area (Å²) in [6.45, 7) is 4.37. The zero-order valence-corrected chi connectivity index (χ0v) is 8.64. The van der Waals surface area contributed by atoms with Gasteiger partial charge in [0.05, 0.1) is 5.02 Å². The second-order valence-electron chi connectivity index (χ2n) is 3.22. The molecule has 1 aromatic carbocycles. The summed E-state index contributed by atoms with van der Waals surface area (Å²) in [4.78, 5) is 0. The molecule has 1 atom stereocenters. The summed E-state index contributed by atoms with van der Waals surface area (Å²) in [5.74, 6) is 0.699. The number of halogens is 1. The fourth-order valence-electron chi connectivity index (χ4n) is 0.944. The smallest absolute Gasteiger partial charge is 0.137 e. The Labute approximate surface area is 83.6 Å². The van der Waals surface area contributed by atoms with Crippen LogP contribution in [0.4, 0.5) is 0 Å². The van der Waals surface area contributed by atoms with Gasteiger partial charge in [-0.1, -0.05) is 17.7 Å². The molecule has 0 spiro atoms. The van der Waals surface area contributed by atoms with Crippen LogP contribution in [0.5, 0.6) is 5.75 Å². The maximum absolute atomic E-state index is 5.95. The Morgan fingerprint density at radius 2 is 2.23 bits per heavy atom. The van der Waals surface area contributed by atoms with Crippen molar-refractivity contribution in [1.29, 1.82) is 0 Å². The lowest BCUT2D eigenvalue weighted by atomic mass is 10.2. The second-order valence-corrected chi connectivity index (χ2v) is 3.63. The van der Waals surface area contributed by atoms with Gasteiger partial charge in [0.25, 0.3) is 0 Å². The molecule has 0 heterocycles. The van der Waals surface area contributed by atoms with E-state index in [1.54, 1.807) is 0 Å². The molecule has 2 N–H and O–H groups in total. The summed E-state index contributed by atoms with van der Waals surface area (Å²) in [6, 6.07) is 5.72. The zero-order valence-electron chi connectivity index (χ0n) is 7.88. The third kappa shape index (κ3) is 3.25. The first kappa shape index (κ1) is 10.4. The highest BCUT2D eigenvalue weighted by Crippen LogP contribution is 2.24. The van der Waals surface area contributed by atoms with Gasteiger partial charge in [-0.05, 0) is 31.5 Å². The van der Waals surface area contributed by atoms with E-state index in [4.69, 9.17) is 22.1 Å². The van der Waals surface area contributed by atoms with Crippen molar-refractivity contribution in [3.05, 3.63) is 28.8 Å². The van der Waals surface area contributed by atoms with Gasteiger partial charge in [0.1, 0.15) is 12.4 Å². The van der Waals surface area contributed by atoms with Gasteiger partial charge in [-0.3, -0.25) is 0 Å². The molecule has 1 unspecified atom stereocenters. The van der Waals surface area contributed by atoms with Crippen molar-refractivity contribution in [1.82, 2.24) is 0 Å². The molecule has 0 bridgehead atoms.